The van der Waals surface area contributed by atoms with Crippen molar-refractivity contribution in [2.75, 3.05) is 13.2 Å². The lowest BCUT2D eigenvalue weighted by atomic mass is 10.2. The number of thioether (sulfide) groups is 1. The molecule has 0 aliphatic carbocycles. The van der Waals surface area contributed by atoms with Crippen LogP contribution in [-0.2, 0) is 16.1 Å². The molecule has 2 rings (SSSR count). The zero-order valence-electron chi connectivity index (χ0n) is 11.7. The first-order valence-electron chi connectivity index (χ1n) is 6.61. The molecule has 1 saturated heterocycles. The van der Waals surface area contributed by atoms with Gasteiger partial charge in [-0.25, -0.2) is 4.98 Å². The van der Waals surface area contributed by atoms with Crippen LogP contribution >= 0.6 is 11.8 Å². The Morgan fingerprint density at radius 1 is 1.55 bits per heavy atom. The summed E-state index contributed by atoms with van der Waals surface area (Å²) in [7, 11) is 0. The van der Waals surface area contributed by atoms with E-state index in [-0.39, 0.29) is 16.3 Å². The van der Waals surface area contributed by atoms with Crippen molar-refractivity contribution in [2.45, 2.75) is 32.1 Å². The van der Waals surface area contributed by atoms with E-state index >= 15 is 0 Å². The van der Waals surface area contributed by atoms with Crippen molar-refractivity contribution in [3.8, 4) is 5.88 Å². The van der Waals surface area contributed by atoms with Gasteiger partial charge in [-0.2, -0.15) is 0 Å². The number of carbonyl (C=O) groups is 2. The third-order valence-corrected chi connectivity index (χ3v) is 3.96. The van der Waals surface area contributed by atoms with E-state index in [9.17, 15) is 9.59 Å². The van der Waals surface area contributed by atoms with E-state index in [1.165, 1.54) is 18.7 Å². The van der Waals surface area contributed by atoms with E-state index < -0.39 is 0 Å². The molecule has 20 heavy (non-hydrogen) atoms. The van der Waals surface area contributed by atoms with Gasteiger partial charge in [0.25, 0.3) is 0 Å². The summed E-state index contributed by atoms with van der Waals surface area (Å²) in [6, 6.07) is 3.72. The molecule has 1 aliphatic rings. The predicted octanol–water partition coefficient (Wildman–Crippen LogP) is 1.86. The highest BCUT2D eigenvalue weighted by Crippen LogP contribution is 2.25. The molecule has 1 aromatic heterocycles. The van der Waals surface area contributed by atoms with Gasteiger partial charge in [-0.3, -0.25) is 9.59 Å². The molecule has 0 saturated carbocycles. The SMILES string of the molecule is CCOc1ccc(CN2CC(SC(C)=O)CC2=O)cn1. The number of nitrogens with zero attached hydrogens (tertiary/aromatic N) is 2. The Morgan fingerprint density at radius 2 is 2.35 bits per heavy atom. The Morgan fingerprint density at radius 3 is 2.95 bits per heavy atom. The number of hydrogen-bond acceptors (Lipinski definition) is 5. The van der Waals surface area contributed by atoms with Crippen LogP contribution in [0.2, 0.25) is 0 Å². The zero-order chi connectivity index (χ0) is 14.5. The molecule has 0 bridgehead atoms. The minimum Gasteiger partial charge on any atom is -0.478 e. The van der Waals surface area contributed by atoms with Gasteiger partial charge in [-0.15, -0.1) is 0 Å². The number of amides is 1. The highest BCUT2D eigenvalue weighted by molar-refractivity contribution is 8.14. The van der Waals surface area contributed by atoms with Gasteiger partial charge in [0.15, 0.2) is 5.12 Å². The number of pyridine rings is 1. The maximum Gasteiger partial charge on any atom is 0.224 e. The smallest absolute Gasteiger partial charge is 0.224 e. The second-order valence-electron chi connectivity index (χ2n) is 4.65. The largest absolute Gasteiger partial charge is 0.478 e. The van der Waals surface area contributed by atoms with E-state index in [1.54, 1.807) is 17.2 Å². The highest BCUT2D eigenvalue weighted by Gasteiger charge is 2.30. The van der Waals surface area contributed by atoms with Gasteiger partial charge in [0.2, 0.25) is 11.8 Å². The first-order chi connectivity index (χ1) is 9.58. The predicted molar refractivity (Wildman–Crippen MR) is 77.5 cm³/mol. The zero-order valence-corrected chi connectivity index (χ0v) is 12.5. The molecule has 1 aromatic rings. The van der Waals surface area contributed by atoms with Crippen molar-refractivity contribution in [3.05, 3.63) is 23.9 Å². The van der Waals surface area contributed by atoms with Gasteiger partial charge in [0.05, 0.1) is 6.61 Å². The molecular weight excluding hydrogens is 276 g/mol. The van der Waals surface area contributed by atoms with Crippen LogP contribution in [0.5, 0.6) is 5.88 Å². The minimum absolute atomic E-state index is 0.0624. The van der Waals surface area contributed by atoms with Crippen LogP contribution in [0.3, 0.4) is 0 Å². The fourth-order valence-electron chi connectivity index (χ4n) is 2.16. The van der Waals surface area contributed by atoms with E-state index in [4.69, 9.17) is 4.74 Å². The fraction of sp³-hybridized carbons (Fsp3) is 0.500. The number of hydrogen-bond donors (Lipinski definition) is 0. The second kappa shape index (κ2) is 6.74. The van der Waals surface area contributed by atoms with Gasteiger partial charge in [-0.1, -0.05) is 17.8 Å². The average Bonchev–Trinajstić information content (AvgIpc) is 2.71. The van der Waals surface area contributed by atoms with Crippen molar-refractivity contribution >= 4 is 22.8 Å². The number of likely N-dealkylation sites (tertiary alicyclic amines) is 1. The van der Waals surface area contributed by atoms with Crippen LogP contribution in [0.25, 0.3) is 0 Å². The maximum absolute atomic E-state index is 11.9. The minimum atomic E-state index is 0.0624. The molecule has 1 fully saturated rings. The summed E-state index contributed by atoms with van der Waals surface area (Å²) >= 11 is 1.25. The van der Waals surface area contributed by atoms with Gasteiger partial charge in [0.1, 0.15) is 0 Å². The van der Waals surface area contributed by atoms with E-state index in [0.29, 0.717) is 32.0 Å². The molecule has 6 heteroatoms. The van der Waals surface area contributed by atoms with Crippen molar-refractivity contribution in [3.63, 3.8) is 0 Å². The van der Waals surface area contributed by atoms with Crippen LogP contribution in [-0.4, -0.2) is 39.3 Å². The third-order valence-electron chi connectivity index (χ3n) is 2.97. The summed E-state index contributed by atoms with van der Waals surface area (Å²) in [4.78, 5) is 28.9. The van der Waals surface area contributed by atoms with Crippen molar-refractivity contribution < 1.29 is 14.3 Å². The molecule has 0 radical (unpaired) electrons. The average molecular weight is 294 g/mol. The summed E-state index contributed by atoms with van der Waals surface area (Å²) < 4.78 is 5.28. The quantitative estimate of drug-likeness (QED) is 0.829. The monoisotopic (exact) mass is 294 g/mol. The van der Waals surface area contributed by atoms with Crippen molar-refractivity contribution in [1.82, 2.24) is 9.88 Å². The van der Waals surface area contributed by atoms with Crippen molar-refractivity contribution in [2.24, 2.45) is 0 Å². The van der Waals surface area contributed by atoms with Crippen molar-refractivity contribution in [1.29, 1.82) is 0 Å². The second-order valence-corrected chi connectivity index (χ2v) is 6.12. The summed E-state index contributed by atoms with van der Waals surface area (Å²) in [5, 5.41) is 0.142. The molecule has 0 N–H and O–H groups in total. The lowest BCUT2D eigenvalue weighted by Crippen LogP contribution is -2.25. The van der Waals surface area contributed by atoms with Gasteiger partial charge < -0.3 is 9.64 Å². The van der Waals surface area contributed by atoms with Gasteiger partial charge in [-0.05, 0) is 12.5 Å². The van der Waals surface area contributed by atoms with Crippen LogP contribution < -0.4 is 4.74 Å². The number of rotatable bonds is 5. The van der Waals surface area contributed by atoms with Crippen LogP contribution in [0, 0.1) is 0 Å². The molecule has 5 nitrogen and oxygen atoms in total. The number of carbonyl (C=O) groups excluding carboxylic acids is 2. The summed E-state index contributed by atoms with van der Waals surface area (Å²) in [6.45, 7) is 5.18. The fourth-order valence-corrected chi connectivity index (χ4v) is 3.11. The summed E-state index contributed by atoms with van der Waals surface area (Å²) in [5.41, 5.74) is 0.968. The normalized spacial score (nSPS) is 18.4. The Bertz CT molecular complexity index is 490. The Kier molecular flexibility index (Phi) is 5.00. The molecule has 108 valence electrons. The molecule has 1 atom stereocenters. The molecule has 1 amide bonds. The van der Waals surface area contributed by atoms with E-state index in [0.717, 1.165) is 5.56 Å². The topological polar surface area (TPSA) is 59.5 Å². The first-order valence-corrected chi connectivity index (χ1v) is 7.49. The third kappa shape index (κ3) is 3.96. The lowest BCUT2D eigenvalue weighted by molar-refractivity contribution is -0.128. The molecule has 1 unspecified atom stereocenters. The van der Waals surface area contributed by atoms with Gasteiger partial charge >= 0.3 is 0 Å². The maximum atomic E-state index is 11.9. The molecule has 0 aromatic carbocycles. The van der Waals surface area contributed by atoms with E-state index in [1.807, 2.05) is 13.0 Å². The van der Waals surface area contributed by atoms with Crippen LogP contribution in [0.1, 0.15) is 25.8 Å². The lowest BCUT2D eigenvalue weighted by Gasteiger charge is -2.16. The summed E-state index contributed by atoms with van der Waals surface area (Å²) in [6.07, 6.45) is 2.17. The van der Waals surface area contributed by atoms with Crippen LogP contribution in [0.4, 0.5) is 0 Å². The highest BCUT2D eigenvalue weighted by atomic mass is 32.2. The summed E-state index contributed by atoms with van der Waals surface area (Å²) in [5.74, 6) is 0.687. The standard InChI is InChI=1S/C14H18N2O3S/c1-3-19-13-5-4-11(7-15-13)8-16-9-12(6-14(16)18)20-10(2)17/h4-5,7,12H,3,6,8-9H2,1-2H3. The number of ether oxygens (including phenoxy) is 1. The number of aromatic nitrogens is 1. The molecule has 0 spiro atoms. The Labute approximate surface area is 122 Å². The van der Waals surface area contributed by atoms with Crippen LogP contribution in [0.15, 0.2) is 18.3 Å². The molecular formula is C14H18N2O3S. The molecule has 1 aliphatic heterocycles. The first kappa shape index (κ1) is 14.8. The Hall–Kier alpha value is -1.56. The van der Waals surface area contributed by atoms with Gasteiger partial charge in [0, 0.05) is 43.9 Å². The molecule has 2 heterocycles. The van der Waals surface area contributed by atoms with E-state index in [2.05, 4.69) is 4.98 Å². The Balaban J connectivity index is 1.92.